The molecule has 0 nitrogen and oxygen atoms in total. The summed E-state index contributed by atoms with van der Waals surface area (Å²) in [6.07, 6.45) is 3.80. The molecule has 0 fully saturated rings. The van der Waals surface area contributed by atoms with Crippen molar-refractivity contribution in [1.82, 2.24) is 0 Å². The molecule has 0 spiro atoms. The van der Waals surface area contributed by atoms with E-state index in [-0.39, 0.29) is 0 Å². The third-order valence-electron chi connectivity index (χ3n) is 7.10. The molecule has 0 aromatic heterocycles. The molecular formula is C35H26. The van der Waals surface area contributed by atoms with Crippen LogP contribution in [0, 0.1) is 6.92 Å². The molecule has 0 aliphatic carbocycles. The van der Waals surface area contributed by atoms with Gasteiger partial charge in [0.2, 0.25) is 0 Å². The van der Waals surface area contributed by atoms with Crippen molar-refractivity contribution in [1.29, 1.82) is 0 Å². The van der Waals surface area contributed by atoms with Crippen molar-refractivity contribution in [2.24, 2.45) is 0 Å². The third kappa shape index (κ3) is 3.55. The normalized spacial score (nSPS) is 12.0. The number of benzene rings is 6. The molecule has 0 amide bonds. The van der Waals surface area contributed by atoms with Crippen molar-refractivity contribution in [3.05, 3.63) is 132 Å². The Balaban J connectivity index is 1.53. The van der Waals surface area contributed by atoms with E-state index < -0.39 is 0 Å². The van der Waals surface area contributed by atoms with Gasteiger partial charge in [0.1, 0.15) is 0 Å². The molecule has 0 aliphatic rings. The maximum atomic E-state index is 4.21. The van der Waals surface area contributed by atoms with Crippen LogP contribution in [0.3, 0.4) is 0 Å². The molecule has 0 N–H and O–H groups in total. The number of hydrogen-bond donors (Lipinski definition) is 0. The van der Waals surface area contributed by atoms with Crippen LogP contribution in [0.5, 0.6) is 0 Å². The van der Waals surface area contributed by atoms with Crippen molar-refractivity contribution < 1.29 is 0 Å². The maximum absolute atomic E-state index is 4.21. The van der Waals surface area contributed by atoms with Gasteiger partial charge in [-0.1, -0.05) is 110 Å². The van der Waals surface area contributed by atoms with Gasteiger partial charge in [-0.15, -0.1) is 0 Å². The molecule has 166 valence electrons. The van der Waals surface area contributed by atoms with Crippen molar-refractivity contribution in [3.8, 4) is 22.3 Å². The minimum Gasteiger partial charge on any atom is -0.0990 e. The van der Waals surface area contributed by atoms with Gasteiger partial charge in [0.25, 0.3) is 0 Å². The molecule has 0 aliphatic heterocycles. The van der Waals surface area contributed by atoms with E-state index in [1.807, 2.05) is 6.08 Å². The fraction of sp³-hybridized carbons (Fsp3) is 0.0286. The van der Waals surface area contributed by atoms with E-state index in [0.29, 0.717) is 0 Å². The summed E-state index contributed by atoms with van der Waals surface area (Å²) >= 11 is 0. The zero-order chi connectivity index (χ0) is 23.9. The Hall–Kier alpha value is -4.42. The summed E-state index contributed by atoms with van der Waals surface area (Å²) in [7, 11) is 0. The van der Waals surface area contributed by atoms with Gasteiger partial charge in [-0.25, -0.2) is 0 Å². The molecule has 0 radical (unpaired) electrons. The number of fused-ring (bicyclic) bond motifs is 3. The topological polar surface area (TPSA) is 0 Å². The van der Waals surface area contributed by atoms with Crippen LogP contribution in [0.1, 0.15) is 5.56 Å². The van der Waals surface area contributed by atoms with E-state index in [2.05, 4.69) is 123 Å². The van der Waals surface area contributed by atoms with Gasteiger partial charge in [0, 0.05) is 0 Å². The molecule has 6 aromatic rings. The number of allylic oxidation sites excluding steroid dienone is 1. The van der Waals surface area contributed by atoms with Gasteiger partial charge in [0.05, 0.1) is 0 Å². The minimum absolute atomic E-state index is 1.01. The van der Waals surface area contributed by atoms with Crippen LogP contribution in [-0.2, 0) is 0 Å². The number of hydrogen-bond acceptors (Lipinski definition) is 0. The molecular weight excluding hydrogens is 420 g/mol. The standard InChI is InChI=1S/C35H26/c1-4-9-25-14-15-26(20-23(25)2)27-16-17-29-22-30(19-18-28(29)21-27)35-33-12-7-5-10-31(33)24(3)32-11-6-8-13-34(32)35/h4-22H,1-2H2,3H3/b25-9-. The average molecular weight is 447 g/mol. The van der Waals surface area contributed by atoms with Crippen LogP contribution in [0.2, 0.25) is 0 Å². The highest BCUT2D eigenvalue weighted by Gasteiger charge is 2.13. The Morgan fingerprint density at radius 3 is 1.69 bits per heavy atom. The van der Waals surface area contributed by atoms with E-state index in [0.717, 1.165) is 10.4 Å². The highest BCUT2D eigenvalue weighted by Crippen LogP contribution is 2.40. The van der Waals surface area contributed by atoms with Crippen LogP contribution >= 0.6 is 0 Å². The van der Waals surface area contributed by atoms with Gasteiger partial charge in [0.15, 0.2) is 0 Å². The second-order valence-electron chi connectivity index (χ2n) is 9.18. The SMILES string of the molecule is C=C/C=c1/ccc(-c2ccc3cc(-c4c5ccccc5c(C)c5ccccc45)ccc3c2)cc1=C. The largest absolute Gasteiger partial charge is 0.0990 e. The summed E-state index contributed by atoms with van der Waals surface area (Å²) in [6.45, 7) is 10.2. The average Bonchev–Trinajstić information content (AvgIpc) is 2.90. The lowest BCUT2D eigenvalue weighted by Crippen LogP contribution is -2.22. The molecule has 0 heteroatoms. The highest BCUT2D eigenvalue weighted by molar-refractivity contribution is 6.15. The van der Waals surface area contributed by atoms with E-state index in [9.17, 15) is 0 Å². The molecule has 0 atom stereocenters. The monoisotopic (exact) mass is 446 g/mol. The zero-order valence-electron chi connectivity index (χ0n) is 19.9. The van der Waals surface area contributed by atoms with Gasteiger partial charge >= 0.3 is 0 Å². The van der Waals surface area contributed by atoms with Gasteiger partial charge < -0.3 is 0 Å². The van der Waals surface area contributed by atoms with Crippen LogP contribution in [0.4, 0.5) is 0 Å². The lowest BCUT2D eigenvalue weighted by Gasteiger charge is -2.16. The van der Waals surface area contributed by atoms with Crippen LogP contribution in [-0.4, -0.2) is 0 Å². The molecule has 0 unspecified atom stereocenters. The second-order valence-corrected chi connectivity index (χ2v) is 9.18. The van der Waals surface area contributed by atoms with Crippen molar-refractivity contribution in [2.45, 2.75) is 6.92 Å². The summed E-state index contributed by atoms with van der Waals surface area (Å²) in [4.78, 5) is 0. The molecule has 35 heavy (non-hydrogen) atoms. The summed E-state index contributed by atoms with van der Waals surface area (Å²) < 4.78 is 0. The molecule has 0 bridgehead atoms. The van der Waals surface area contributed by atoms with Crippen LogP contribution < -0.4 is 10.4 Å². The zero-order valence-corrected chi connectivity index (χ0v) is 19.9. The second kappa shape index (κ2) is 8.42. The Morgan fingerprint density at radius 2 is 1.09 bits per heavy atom. The summed E-state index contributed by atoms with van der Waals surface area (Å²) in [5.41, 5.74) is 6.28. The first-order chi connectivity index (χ1) is 17.1. The van der Waals surface area contributed by atoms with Gasteiger partial charge in [-0.2, -0.15) is 0 Å². The Kier molecular flexibility index (Phi) is 5.08. The van der Waals surface area contributed by atoms with Gasteiger partial charge in [-0.3, -0.25) is 0 Å². The fourth-order valence-corrected chi connectivity index (χ4v) is 5.31. The molecule has 6 rings (SSSR count). The number of rotatable bonds is 3. The van der Waals surface area contributed by atoms with Crippen molar-refractivity contribution >= 4 is 45.0 Å². The highest BCUT2D eigenvalue weighted by atomic mass is 14.2. The molecule has 6 aromatic carbocycles. The van der Waals surface area contributed by atoms with E-state index in [4.69, 9.17) is 0 Å². The first-order valence-corrected chi connectivity index (χ1v) is 12.0. The first-order valence-electron chi connectivity index (χ1n) is 12.0. The lowest BCUT2D eigenvalue weighted by molar-refractivity contribution is 1.52. The number of aryl methyl sites for hydroxylation is 1. The first kappa shape index (κ1) is 21.1. The summed E-state index contributed by atoms with van der Waals surface area (Å²) in [5.74, 6) is 0. The lowest BCUT2D eigenvalue weighted by atomic mass is 9.88. The quantitative estimate of drug-likeness (QED) is 0.241. The van der Waals surface area contributed by atoms with Crippen LogP contribution in [0.15, 0.2) is 116 Å². The molecule has 0 heterocycles. The van der Waals surface area contributed by atoms with Crippen molar-refractivity contribution in [2.75, 3.05) is 0 Å². The third-order valence-corrected chi connectivity index (χ3v) is 7.10. The van der Waals surface area contributed by atoms with Crippen molar-refractivity contribution in [3.63, 3.8) is 0 Å². The summed E-state index contributed by atoms with van der Waals surface area (Å²) in [6, 6.07) is 37.5. The summed E-state index contributed by atoms with van der Waals surface area (Å²) in [5, 5.41) is 9.84. The Bertz CT molecular complexity index is 1830. The fourth-order valence-electron chi connectivity index (χ4n) is 5.31. The molecule has 0 saturated heterocycles. The van der Waals surface area contributed by atoms with E-state index >= 15 is 0 Å². The molecule has 0 saturated carbocycles. The predicted octanol–water partition coefficient (Wildman–Crippen LogP) is 8.17. The Morgan fingerprint density at radius 1 is 0.571 bits per heavy atom. The predicted molar refractivity (Wildman–Crippen MR) is 154 cm³/mol. The maximum Gasteiger partial charge on any atom is -0.00264 e. The van der Waals surface area contributed by atoms with E-state index in [1.54, 1.807) is 6.08 Å². The minimum atomic E-state index is 1.01. The van der Waals surface area contributed by atoms with Crippen LogP contribution in [0.25, 0.3) is 67.2 Å². The smallest absolute Gasteiger partial charge is 0.00264 e. The van der Waals surface area contributed by atoms with Gasteiger partial charge in [-0.05, 0) is 95.7 Å². The Labute approximate surface area is 205 Å². The van der Waals surface area contributed by atoms with E-state index in [1.165, 1.54) is 60.1 Å².